The molecule has 5 heteroatoms. The first-order chi connectivity index (χ1) is 38.6. The van der Waals surface area contributed by atoms with Gasteiger partial charge in [0.05, 0.1) is 6.61 Å². The Hall–Kier alpha value is -3.96. The van der Waals surface area contributed by atoms with Crippen molar-refractivity contribution in [1.82, 2.24) is 0 Å². The van der Waals surface area contributed by atoms with Crippen molar-refractivity contribution < 1.29 is 24.2 Å². The summed E-state index contributed by atoms with van der Waals surface area (Å²) in [6.07, 6.45) is 100. The van der Waals surface area contributed by atoms with Gasteiger partial charge in [0.2, 0.25) is 0 Å². The average molecular weight is 1080 g/mol. The summed E-state index contributed by atoms with van der Waals surface area (Å²) in [6.45, 7) is 4.04. The molecule has 78 heavy (non-hydrogen) atoms. The largest absolute Gasteiger partial charge is 0.462 e. The topological polar surface area (TPSA) is 72.8 Å². The monoisotopic (exact) mass is 1080 g/mol. The highest BCUT2D eigenvalue weighted by atomic mass is 16.6. The van der Waals surface area contributed by atoms with Gasteiger partial charge in [-0.25, -0.2) is 0 Å². The molecule has 0 saturated carbocycles. The normalized spacial score (nSPS) is 13.1. The molecule has 0 aromatic rings. The minimum Gasteiger partial charge on any atom is -0.462 e. The second kappa shape index (κ2) is 67.3. The lowest BCUT2D eigenvalue weighted by molar-refractivity contribution is -0.161. The van der Waals surface area contributed by atoms with E-state index in [0.717, 1.165) is 109 Å². The van der Waals surface area contributed by atoms with E-state index in [1.165, 1.54) is 161 Å². The Bertz CT molecular complexity index is 1600. The predicted octanol–water partition coefficient (Wildman–Crippen LogP) is 22.8. The van der Waals surface area contributed by atoms with E-state index in [9.17, 15) is 14.7 Å². The highest BCUT2D eigenvalue weighted by Crippen LogP contribution is 2.16. The van der Waals surface area contributed by atoms with Gasteiger partial charge in [-0.1, -0.05) is 302 Å². The summed E-state index contributed by atoms with van der Waals surface area (Å²) < 4.78 is 10.7. The molecular weight excluding hydrogens is 957 g/mol. The van der Waals surface area contributed by atoms with Crippen molar-refractivity contribution in [2.45, 2.75) is 302 Å². The Labute approximate surface area is 483 Å². The van der Waals surface area contributed by atoms with Crippen molar-refractivity contribution in [3.8, 4) is 0 Å². The molecule has 0 amide bonds. The second-order valence-corrected chi connectivity index (χ2v) is 21.5. The summed E-state index contributed by atoms with van der Waals surface area (Å²) in [5.41, 5.74) is 0. The van der Waals surface area contributed by atoms with Crippen LogP contribution >= 0.6 is 0 Å². The third-order valence-corrected chi connectivity index (χ3v) is 13.9. The van der Waals surface area contributed by atoms with Crippen LogP contribution in [-0.2, 0) is 19.1 Å². The summed E-state index contributed by atoms with van der Waals surface area (Å²) >= 11 is 0. The third kappa shape index (κ3) is 64.6. The van der Waals surface area contributed by atoms with E-state index in [2.05, 4.69) is 148 Å². The Kier molecular flexibility index (Phi) is 63.9. The molecular formula is C73H122O5. The standard InChI is InChI=1S/C73H122O5/c1-3-5-7-9-11-13-15-17-19-21-23-25-27-29-30-31-32-33-34-35-36-37-38-39-40-41-42-44-46-48-50-52-54-56-58-60-62-64-66-68-73(76)78-71(69-74)70-77-72(75)67-65-63-61-59-57-55-53-51-49-47-45-43-28-26-24-22-20-18-16-14-12-10-8-6-4-2/h5,7,11,13,17,19,22-25,29-30,32-33,35-36,38-39,41-42,46,48,71,74H,3-4,6,8-10,12,14-16,18,20-21,26-28,31,34,37,40,43-45,47,49-70H2,1-2H3/b7-5-,13-11-,19-17-,24-22-,25-23-,30-29-,33-32-,36-35-,39-38-,42-41-,48-46-. The zero-order valence-corrected chi connectivity index (χ0v) is 50.9. The SMILES string of the molecule is CC/C=C\C/C=C\C/C=C\C/C=C\C/C=C\C/C=C\C/C=C\C/C=C\C/C=C\C/C=C\CCCCCCCCCCC(=O)OC(CO)COC(=O)CCCCCCCCCCCCCCC/C=C\CCCCCCCCCC. The molecule has 0 fully saturated rings. The van der Waals surface area contributed by atoms with Crippen LogP contribution in [0.5, 0.6) is 0 Å². The number of hydrogen-bond donors (Lipinski definition) is 1. The van der Waals surface area contributed by atoms with E-state index in [4.69, 9.17) is 9.47 Å². The molecule has 1 unspecified atom stereocenters. The van der Waals surface area contributed by atoms with Crippen molar-refractivity contribution in [1.29, 1.82) is 0 Å². The Balaban J connectivity index is 3.57. The second-order valence-electron chi connectivity index (χ2n) is 21.5. The van der Waals surface area contributed by atoms with Crippen LogP contribution in [0.15, 0.2) is 134 Å². The minimum absolute atomic E-state index is 0.0741. The number of aliphatic hydroxyl groups is 1. The van der Waals surface area contributed by atoms with E-state index < -0.39 is 6.10 Å². The van der Waals surface area contributed by atoms with Gasteiger partial charge in [-0.05, 0) is 116 Å². The van der Waals surface area contributed by atoms with E-state index in [1.807, 2.05) is 0 Å². The van der Waals surface area contributed by atoms with Crippen LogP contribution in [-0.4, -0.2) is 36.4 Å². The van der Waals surface area contributed by atoms with Gasteiger partial charge in [0, 0.05) is 12.8 Å². The first kappa shape index (κ1) is 74.0. The van der Waals surface area contributed by atoms with E-state index in [0.29, 0.717) is 12.8 Å². The van der Waals surface area contributed by atoms with E-state index >= 15 is 0 Å². The number of ether oxygens (including phenoxy) is 2. The molecule has 1 atom stereocenters. The summed E-state index contributed by atoms with van der Waals surface area (Å²) in [5, 5.41) is 9.68. The fourth-order valence-electron chi connectivity index (χ4n) is 9.05. The number of allylic oxidation sites excluding steroid dienone is 22. The molecule has 444 valence electrons. The van der Waals surface area contributed by atoms with Crippen molar-refractivity contribution in [2.75, 3.05) is 13.2 Å². The lowest BCUT2D eigenvalue weighted by Crippen LogP contribution is -2.28. The third-order valence-electron chi connectivity index (χ3n) is 13.9. The molecule has 5 nitrogen and oxygen atoms in total. The molecule has 0 bridgehead atoms. The Morgan fingerprint density at radius 2 is 0.551 bits per heavy atom. The van der Waals surface area contributed by atoms with E-state index in [1.54, 1.807) is 0 Å². The lowest BCUT2D eigenvalue weighted by Gasteiger charge is -2.15. The van der Waals surface area contributed by atoms with Gasteiger partial charge < -0.3 is 14.6 Å². The van der Waals surface area contributed by atoms with Gasteiger partial charge in [0.1, 0.15) is 6.61 Å². The summed E-state index contributed by atoms with van der Waals surface area (Å²) in [4.78, 5) is 24.6. The number of esters is 2. The van der Waals surface area contributed by atoms with Gasteiger partial charge in [-0.15, -0.1) is 0 Å². The number of rotatable bonds is 59. The molecule has 0 aromatic heterocycles. The molecule has 0 aromatic carbocycles. The van der Waals surface area contributed by atoms with Gasteiger partial charge >= 0.3 is 11.9 Å². The number of unbranched alkanes of at least 4 members (excludes halogenated alkanes) is 29. The van der Waals surface area contributed by atoms with Gasteiger partial charge in [-0.2, -0.15) is 0 Å². The maximum absolute atomic E-state index is 12.3. The number of aliphatic hydroxyl groups excluding tert-OH is 1. The van der Waals surface area contributed by atoms with Crippen LogP contribution in [0.3, 0.4) is 0 Å². The fourth-order valence-corrected chi connectivity index (χ4v) is 9.05. The maximum Gasteiger partial charge on any atom is 0.306 e. The zero-order chi connectivity index (χ0) is 56.2. The molecule has 0 spiro atoms. The highest BCUT2D eigenvalue weighted by Gasteiger charge is 2.16. The van der Waals surface area contributed by atoms with E-state index in [-0.39, 0.29) is 25.2 Å². The molecule has 0 rings (SSSR count). The van der Waals surface area contributed by atoms with Crippen molar-refractivity contribution >= 4 is 11.9 Å². The molecule has 0 saturated heterocycles. The predicted molar refractivity (Wildman–Crippen MR) is 343 cm³/mol. The van der Waals surface area contributed by atoms with Crippen molar-refractivity contribution in [2.24, 2.45) is 0 Å². The van der Waals surface area contributed by atoms with Crippen LogP contribution in [0.1, 0.15) is 296 Å². The van der Waals surface area contributed by atoms with Crippen molar-refractivity contribution in [3.05, 3.63) is 134 Å². The van der Waals surface area contributed by atoms with Crippen LogP contribution in [0.2, 0.25) is 0 Å². The average Bonchev–Trinajstić information content (AvgIpc) is 3.44. The smallest absolute Gasteiger partial charge is 0.306 e. The van der Waals surface area contributed by atoms with Crippen molar-refractivity contribution in [3.63, 3.8) is 0 Å². The highest BCUT2D eigenvalue weighted by molar-refractivity contribution is 5.70. The summed E-state index contributed by atoms with van der Waals surface area (Å²) in [7, 11) is 0. The maximum atomic E-state index is 12.3. The minimum atomic E-state index is -0.786. The summed E-state index contributed by atoms with van der Waals surface area (Å²) in [6, 6.07) is 0. The summed E-state index contributed by atoms with van der Waals surface area (Å²) in [5.74, 6) is -0.599. The number of carbonyl (C=O) groups excluding carboxylic acids is 2. The molecule has 0 aliphatic rings. The number of hydrogen-bond acceptors (Lipinski definition) is 5. The molecule has 0 radical (unpaired) electrons. The molecule has 0 aliphatic heterocycles. The lowest BCUT2D eigenvalue weighted by atomic mass is 10.0. The van der Waals surface area contributed by atoms with Crippen LogP contribution in [0.25, 0.3) is 0 Å². The number of carbonyl (C=O) groups is 2. The Morgan fingerprint density at radius 1 is 0.308 bits per heavy atom. The van der Waals surface area contributed by atoms with Gasteiger partial charge in [-0.3, -0.25) is 9.59 Å². The first-order valence-corrected chi connectivity index (χ1v) is 32.7. The van der Waals surface area contributed by atoms with Gasteiger partial charge in [0.25, 0.3) is 0 Å². The first-order valence-electron chi connectivity index (χ1n) is 32.7. The van der Waals surface area contributed by atoms with Gasteiger partial charge in [0.15, 0.2) is 6.10 Å². The fraction of sp³-hybridized carbons (Fsp3) is 0.671. The zero-order valence-electron chi connectivity index (χ0n) is 50.9. The molecule has 0 aliphatic carbocycles. The quantitative estimate of drug-likeness (QED) is 0.0373. The van der Waals surface area contributed by atoms with Crippen LogP contribution in [0, 0.1) is 0 Å². The molecule has 1 N–H and O–H groups in total. The van der Waals surface area contributed by atoms with Crippen LogP contribution in [0.4, 0.5) is 0 Å². The van der Waals surface area contributed by atoms with Crippen LogP contribution < -0.4 is 0 Å². The molecule has 0 heterocycles. The Morgan fingerprint density at radius 3 is 0.846 bits per heavy atom.